The molecule has 92 valence electrons. The molecule has 1 N–H and O–H groups in total. The van der Waals surface area contributed by atoms with Crippen LogP contribution in [0.4, 0.5) is 13.2 Å². The molecule has 0 saturated carbocycles. The zero-order valence-corrected chi connectivity index (χ0v) is 8.78. The van der Waals surface area contributed by atoms with E-state index in [1.54, 1.807) is 0 Å². The van der Waals surface area contributed by atoms with Crippen LogP contribution in [0.3, 0.4) is 0 Å². The first-order valence-corrected chi connectivity index (χ1v) is 4.55. The van der Waals surface area contributed by atoms with Gasteiger partial charge in [0.1, 0.15) is 5.75 Å². The highest BCUT2D eigenvalue weighted by molar-refractivity contribution is 5.91. The van der Waals surface area contributed by atoms with Crippen LogP contribution in [0.2, 0.25) is 0 Å². The molecule has 0 amide bonds. The second-order valence-corrected chi connectivity index (χ2v) is 3.25. The Morgan fingerprint density at radius 3 is 2.59 bits per heavy atom. The van der Waals surface area contributed by atoms with Crippen LogP contribution in [-0.2, 0) is 4.79 Å². The highest BCUT2D eigenvalue weighted by atomic mass is 19.4. The number of carbonyl (C=O) groups is 1. The second kappa shape index (κ2) is 4.90. The summed E-state index contributed by atoms with van der Waals surface area (Å²) >= 11 is 0. The Hall–Kier alpha value is -1.98. The van der Waals surface area contributed by atoms with Gasteiger partial charge in [0.2, 0.25) is 0 Å². The number of rotatable bonds is 3. The zero-order valence-electron chi connectivity index (χ0n) is 8.78. The number of carboxylic acid groups (broad SMARTS) is 1. The Balaban J connectivity index is 2.94. The molecule has 0 bridgehead atoms. The van der Waals surface area contributed by atoms with Gasteiger partial charge in [-0.3, -0.25) is 0 Å². The molecular weight excluding hydrogens is 237 g/mol. The van der Waals surface area contributed by atoms with E-state index in [-0.39, 0.29) is 11.3 Å². The molecule has 0 aliphatic rings. The first-order valence-electron chi connectivity index (χ1n) is 4.55. The summed E-state index contributed by atoms with van der Waals surface area (Å²) in [6.45, 7) is 1.35. The van der Waals surface area contributed by atoms with Crippen LogP contribution in [0.15, 0.2) is 29.8 Å². The van der Waals surface area contributed by atoms with E-state index in [4.69, 9.17) is 5.11 Å². The zero-order chi connectivity index (χ0) is 13.1. The van der Waals surface area contributed by atoms with Crippen molar-refractivity contribution in [2.75, 3.05) is 0 Å². The van der Waals surface area contributed by atoms with Gasteiger partial charge in [0, 0.05) is 5.57 Å². The molecule has 0 fully saturated rings. The summed E-state index contributed by atoms with van der Waals surface area (Å²) in [5, 5.41) is 8.62. The maximum absolute atomic E-state index is 11.9. The molecule has 3 nitrogen and oxygen atoms in total. The molecule has 0 heterocycles. The summed E-state index contributed by atoms with van der Waals surface area (Å²) in [4.78, 5) is 10.5. The van der Waals surface area contributed by atoms with Gasteiger partial charge in [-0.2, -0.15) is 0 Å². The van der Waals surface area contributed by atoms with Crippen LogP contribution in [0.25, 0.3) is 6.08 Å². The molecular formula is C11H9F3O3. The predicted molar refractivity (Wildman–Crippen MR) is 54.4 cm³/mol. The number of hydrogen-bond donors (Lipinski definition) is 1. The summed E-state index contributed by atoms with van der Waals surface area (Å²) in [5.74, 6) is -1.52. The van der Waals surface area contributed by atoms with Crippen molar-refractivity contribution in [2.45, 2.75) is 13.3 Å². The Labute approximate surface area is 95.1 Å². The van der Waals surface area contributed by atoms with Crippen molar-refractivity contribution >= 4 is 12.0 Å². The highest BCUT2D eigenvalue weighted by Crippen LogP contribution is 2.24. The van der Waals surface area contributed by atoms with Crippen LogP contribution in [-0.4, -0.2) is 17.4 Å². The van der Waals surface area contributed by atoms with Crippen molar-refractivity contribution in [2.24, 2.45) is 0 Å². The number of carboxylic acids is 1. The van der Waals surface area contributed by atoms with Crippen molar-refractivity contribution < 1.29 is 27.8 Å². The molecule has 0 aliphatic carbocycles. The summed E-state index contributed by atoms with van der Waals surface area (Å²) < 4.78 is 39.5. The normalized spacial score (nSPS) is 12.4. The molecule has 0 aromatic heterocycles. The third-order valence-electron chi connectivity index (χ3n) is 1.81. The molecule has 0 aliphatic heterocycles. The highest BCUT2D eigenvalue weighted by Gasteiger charge is 2.31. The van der Waals surface area contributed by atoms with E-state index in [1.807, 2.05) is 0 Å². The average Bonchev–Trinajstić information content (AvgIpc) is 2.15. The van der Waals surface area contributed by atoms with Crippen LogP contribution in [0.5, 0.6) is 5.75 Å². The minimum Gasteiger partial charge on any atom is -0.478 e. The van der Waals surface area contributed by atoms with Gasteiger partial charge in [-0.15, -0.1) is 13.2 Å². The van der Waals surface area contributed by atoms with E-state index in [0.717, 1.165) is 12.1 Å². The fraction of sp³-hybridized carbons (Fsp3) is 0.182. The SMILES string of the molecule is CC(=Cc1cccc(OC(F)(F)F)c1)C(=O)O. The fourth-order valence-electron chi connectivity index (χ4n) is 1.11. The van der Waals surface area contributed by atoms with Crippen LogP contribution < -0.4 is 4.74 Å². The number of alkyl halides is 3. The van der Waals surface area contributed by atoms with Crippen LogP contribution in [0.1, 0.15) is 12.5 Å². The van der Waals surface area contributed by atoms with Crippen molar-refractivity contribution in [1.82, 2.24) is 0 Å². The smallest absolute Gasteiger partial charge is 0.478 e. The lowest BCUT2D eigenvalue weighted by atomic mass is 10.1. The Morgan fingerprint density at radius 1 is 1.41 bits per heavy atom. The van der Waals surface area contributed by atoms with Crippen LogP contribution in [0, 0.1) is 0 Å². The molecule has 0 atom stereocenters. The Morgan fingerprint density at radius 2 is 2.06 bits per heavy atom. The number of halogens is 3. The van der Waals surface area contributed by atoms with Gasteiger partial charge >= 0.3 is 12.3 Å². The minimum atomic E-state index is -4.76. The molecule has 1 aromatic carbocycles. The molecule has 0 spiro atoms. The molecule has 6 heteroatoms. The first-order chi connectivity index (χ1) is 7.78. The third kappa shape index (κ3) is 4.58. The topological polar surface area (TPSA) is 46.5 Å². The molecule has 1 aromatic rings. The van der Waals surface area contributed by atoms with Gasteiger partial charge in [-0.25, -0.2) is 4.79 Å². The molecule has 0 unspecified atom stereocenters. The Kier molecular flexibility index (Phi) is 3.77. The van der Waals surface area contributed by atoms with E-state index in [2.05, 4.69) is 4.74 Å². The second-order valence-electron chi connectivity index (χ2n) is 3.25. The number of benzene rings is 1. The fourth-order valence-corrected chi connectivity index (χ4v) is 1.11. The lowest BCUT2D eigenvalue weighted by Gasteiger charge is -2.08. The van der Waals surface area contributed by atoms with Crippen molar-refractivity contribution in [3.63, 3.8) is 0 Å². The summed E-state index contributed by atoms with van der Waals surface area (Å²) in [5.41, 5.74) is 0.348. The lowest BCUT2D eigenvalue weighted by molar-refractivity contribution is -0.274. The lowest BCUT2D eigenvalue weighted by Crippen LogP contribution is -2.17. The average molecular weight is 246 g/mol. The predicted octanol–water partition coefficient (Wildman–Crippen LogP) is 3.07. The molecule has 1 rings (SSSR count). The number of ether oxygens (including phenoxy) is 1. The monoisotopic (exact) mass is 246 g/mol. The summed E-state index contributed by atoms with van der Waals surface area (Å²) in [6.07, 6.45) is -3.50. The van der Waals surface area contributed by atoms with Gasteiger partial charge in [-0.1, -0.05) is 12.1 Å². The molecule has 0 radical (unpaired) electrons. The third-order valence-corrected chi connectivity index (χ3v) is 1.81. The summed E-state index contributed by atoms with van der Waals surface area (Å²) in [7, 11) is 0. The van der Waals surface area contributed by atoms with Gasteiger partial charge in [0.05, 0.1) is 0 Å². The van der Waals surface area contributed by atoms with Crippen molar-refractivity contribution in [1.29, 1.82) is 0 Å². The van der Waals surface area contributed by atoms with E-state index in [9.17, 15) is 18.0 Å². The largest absolute Gasteiger partial charge is 0.573 e. The molecule has 17 heavy (non-hydrogen) atoms. The van der Waals surface area contributed by atoms with E-state index >= 15 is 0 Å². The quantitative estimate of drug-likeness (QED) is 0.833. The van der Waals surface area contributed by atoms with Crippen molar-refractivity contribution in [3.05, 3.63) is 35.4 Å². The standard InChI is InChI=1S/C11H9F3O3/c1-7(10(15)16)5-8-3-2-4-9(6-8)17-11(12,13)14/h2-6H,1H3,(H,15,16). The van der Waals surface area contributed by atoms with Gasteiger partial charge in [-0.05, 0) is 30.7 Å². The number of hydrogen-bond acceptors (Lipinski definition) is 2. The summed E-state index contributed by atoms with van der Waals surface area (Å²) in [6, 6.07) is 5.08. The van der Waals surface area contributed by atoms with E-state index in [1.165, 1.54) is 25.1 Å². The van der Waals surface area contributed by atoms with Gasteiger partial charge in [0.25, 0.3) is 0 Å². The van der Waals surface area contributed by atoms with Gasteiger partial charge in [0.15, 0.2) is 0 Å². The van der Waals surface area contributed by atoms with Crippen molar-refractivity contribution in [3.8, 4) is 5.75 Å². The van der Waals surface area contributed by atoms with Crippen LogP contribution >= 0.6 is 0 Å². The van der Waals surface area contributed by atoms with E-state index in [0.29, 0.717) is 5.56 Å². The Bertz CT molecular complexity index is 450. The number of aliphatic carboxylic acids is 1. The van der Waals surface area contributed by atoms with E-state index < -0.39 is 12.3 Å². The first kappa shape index (κ1) is 13.1. The maximum Gasteiger partial charge on any atom is 0.573 e. The maximum atomic E-state index is 11.9. The minimum absolute atomic E-state index is 0.0224. The molecule has 0 saturated heterocycles. The van der Waals surface area contributed by atoms with Gasteiger partial charge < -0.3 is 9.84 Å².